The SMILES string of the molecule is Nc1nccc2c1ncn2[C@H]1O[C@@H](CO)[C@@H](O)[C@H]1O. The van der Waals surface area contributed by atoms with Crippen LogP contribution in [0, 0.1) is 0 Å². The summed E-state index contributed by atoms with van der Waals surface area (Å²) in [6.45, 7) is -0.370. The van der Waals surface area contributed by atoms with Crippen LogP contribution in [0.5, 0.6) is 0 Å². The lowest BCUT2D eigenvalue weighted by Crippen LogP contribution is -2.33. The number of nitrogens with zero attached hydrogens (tertiary/aromatic N) is 3. The number of hydrogen-bond acceptors (Lipinski definition) is 7. The van der Waals surface area contributed by atoms with Crippen molar-refractivity contribution in [1.82, 2.24) is 14.5 Å². The zero-order valence-electron chi connectivity index (χ0n) is 9.92. The molecule has 2 aromatic rings. The van der Waals surface area contributed by atoms with Gasteiger partial charge in [-0.25, -0.2) is 9.97 Å². The van der Waals surface area contributed by atoms with Gasteiger partial charge in [-0.15, -0.1) is 0 Å². The van der Waals surface area contributed by atoms with Gasteiger partial charge >= 0.3 is 0 Å². The Morgan fingerprint density at radius 2 is 2.11 bits per heavy atom. The Labute approximate surface area is 108 Å². The van der Waals surface area contributed by atoms with Crippen molar-refractivity contribution in [3.8, 4) is 0 Å². The fourth-order valence-electron chi connectivity index (χ4n) is 2.29. The molecule has 0 spiro atoms. The second kappa shape index (κ2) is 4.42. The van der Waals surface area contributed by atoms with Gasteiger partial charge in [-0.1, -0.05) is 0 Å². The molecule has 8 heteroatoms. The van der Waals surface area contributed by atoms with E-state index in [1.165, 1.54) is 12.5 Å². The highest BCUT2D eigenvalue weighted by molar-refractivity contribution is 5.84. The van der Waals surface area contributed by atoms with Crippen LogP contribution in [-0.2, 0) is 4.74 Å². The van der Waals surface area contributed by atoms with Crippen molar-refractivity contribution in [1.29, 1.82) is 0 Å². The number of anilines is 1. The van der Waals surface area contributed by atoms with Crippen LogP contribution in [-0.4, -0.2) is 54.8 Å². The normalized spacial score (nSPS) is 31.1. The lowest BCUT2D eigenvalue weighted by molar-refractivity contribution is -0.0508. The summed E-state index contributed by atoms with van der Waals surface area (Å²) in [5.74, 6) is 0.281. The third-order valence-electron chi connectivity index (χ3n) is 3.31. The number of nitrogen functional groups attached to an aromatic ring is 1. The Morgan fingerprint density at radius 1 is 1.32 bits per heavy atom. The van der Waals surface area contributed by atoms with E-state index < -0.39 is 24.5 Å². The van der Waals surface area contributed by atoms with E-state index in [0.717, 1.165) is 0 Å². The number of rotatable bonds is 2. The summed E-state index contributed by atoms with van der Waals surface area (Å²) < 4.78 is 7.01. The summed E-state index contributed by atoms with van der Waals surface area (Å²) in [5, 5.41) is 28.8. The number of fused-ring (bicyclic) bond motifs is 1. The first-order valence-electron chi connectivity index (χ1n) is 5.83. The van der Waals surface area contributed by atoms with E-state index in [1.54, 1.807) is 10.6 Å². The summed E-state index contributed by atoms with van der Waals surface area (Å²) in [6.07, 6.45) is -0.952. The molecule has 1 aliphatic heterocycles. The Morgan fingerprint density at radius 3 is 2.79 bits per heavy atom. The van der Waals surface area contributed by atoms with Gasteiger partial charge in [-0.2, -0.15) is 0 Å². The van der Waals surface area contributed by atoms with E-state index in [4.69, 9.17) is 15.6 Å². The van der Waals surface area contributed by atoms with Gasteiger partial charge in [-0.3, -0.25) is 0 Å². The minimum absolute atomic E-state index is 0.281. The average molecular weight is 266 g/mol. The third kappa shape index (κ3) is 1.77. The van der Waals surface area contributed by atoms with Crippen LogP contribution in [0.15, 0.2) is 18.6 Å². The van der Waals surface area contributed by atoms with Gasteiger partial charge in [0.05, 0.1) is 18.5 Å². The van der Waals surface area contributed by atoms with Crippen molar-refractivity contribution in [3.63, 3.8) is 0 Å². The topological polar surface area (TPSA) is 127 Å². The number of aliphatic hydroxyl groups excluding tert-OH is 3. The van der Waals surface area contributed by atoms with Crippen LogP contribution in [0.3, 0.4) is 0 Å². The summed E-state index contributed by atoms with van der Waals surface area (Å²) in [7, 11) is 0. The summed E-state index contributed by atoms with van der Waals surface area (Å²) >= 11 is 0. The maximum absolute atomic E-state index is 9.98. The highest BCUT2D eigenvalue weighted by atomic mass is 16.6. The quantitative estimate of drug-likeness (QED) is 0.528. The third-order valence-corrected chi connectivity index (χ3v) is 3.31. The molecule has 3 rings (SSSR count). The predicted molar refractivity (Wildman–Crippen MR) is 64.9 cm³/mol. The van der Waals surface area contributed by atoms with E-state index in [2.05, 4.69) is 9.97 Å². The van der Waals surface area contributed by atoms with Crippen LogP contribution in [0.25, 0.3) is 11.0 Å². The number of imidazole rings is 1. The highest BCUT2D eigenvalue weighted by Crippen LogP contribution is 2.32. The molecule has 0 bridgehead atoms. The van der Waals surface area contributed by atoms with Crippen molar-refractivity contribution in [2.24, 2.45) is 0 Å². The highest BCUT2D eigenvalue weighted by Gasteiger charge is 2.43. The predicted octanol–water partition coefficient (Wildman–Crippen LogP) is -1.38. The Bertz CT molecular complexity index is 601. The molecule has 0 aromatic carbocycles. The molecule has 8 nitrogen and oxygen atoms in total. The van der Waals surface area contributed by atoms with E-state index >= 15 is 0 Å². The molecular formula is C11H14N4O4. The molecule has 0 saturated carbocycles. The Kier molecular flexibility index (Phi) is 2.86. The monoisotopic (exact) mass is 266 g/mol. The van der Waals surface area contributed by atoms with Gasteiger partial charge < -0.3 is 30.4 Å². The summed E-state index contributed by atoms with van der Waals surface area (Å²) in [4.78, 5) is 8.03. The lowest BCUT2D eigenvalue weighted by Gasteiger charge is -2.16. The van der Waals surface area contributed by atoms with Crippen molar-refractivity contribution in [3.05, 3.63) is 18.6 Å². The molecular weight excluding hydrogens is 252 g/mol. The molecule has 0 amide bonds. The molecule has 0 radical (unpaired) electrons. The summed E-state index contributed by atoms with van der Waals surface area (Å²) in [5.41, 5.74) is 6.85. The molecule has 0 unspecified atom stereocenters. The van der Waals surface area contributed by atoms with Crippen LogP contribution >= 0.6 is 0 Å². The van der Waals surface area contributed by atoms with Gasteiger partial charge in [0.2, 0.25) is 0 Å². The van der Waals surface area contributed by atoms with E-state index in [9.17, 15) is 10.2 Å². The number of aromatic nitrogens is 3. The van der Waals surface area contributed by atoms with Crippen molar-refractivity contribution < 1.29 is 20.1 Å². The minimum atomic E-state index is -1.15. The van der Waals surface area contributed by atoms with Crippen molar-refractivity contribution in [2.75, 3.05) is 12.3 Å². The zero-order chi connectivity index (χ0) is 13.6. The van der Waals surface area contributed by atoms with Crippen LogP contribution in [0.2, 0.25) is 0 Å². The average Bonchev–Trinajstić information content (AvgIpc) is 2.94. The second-order valence-corrected chi connectivity index (χ2v) is 4.44. The van der Waals surface area contributed by atoms with E-state index in [1.807, 2.05) is 0 Å². The van der Waals surface area contributed by atoms with E-state index in [-0.39, 0.29) is 12.4 Å². The lowest BCUT2D eigenvalue weighted by atomic mass is 10.1. The number of hydrogen-bond donors (Lipinski definition) is 4. The largest absolute Gasteiger partial charge is 0.394 e. The molecule has 2 aromatic heterocycles. The number of nitrogens with two attached hydrogens (primary N) is 1. The van der Waals surface area contributed by atoms with Crippen molar-refractivity contribution >= 4 is 16.9 Å². The number of ether oxygens (including phenoxy) is 1. The fourth-order valence-corrected chi connectivity index (χ4v) is 2.29. The van der Waals surface area contributed by atoms with Crippen LogP contribution < -0.4 is 5.73 Å². The first-order chi connectivity index (χ1) is 9.13. The first kappa shape index (κ1) is 12.3. The Balaban J connectivity index is 2.04. The molecule has 4 atom stereocenters. The van der Waals surface area contributed by atoms with Crippen molar-refractivity contribution in [2.45, 2.75) is 24.5 Å². The van der Waals surface area contributed by atoms with Gasteiger partial charge in [0.1, 0.15) is 23.8 Å². The molecule has 1 fully saturated rings. The Hall–Kier alpha value is -1.74. The standard InChI is InChI=1S/C11H14N4O4/c12-10-7-5(1-2-13-10)15(4-14-7)11-9(18)8(17)6(3-16)19-11/h1-2,4,6,8-9,11,16-18H,3H2,(H2,12,13)/t6-,8+,9+,11-/m0/s1. The first-order valence-corrected chi connectivity index (χ1v) is 5.83. The van der Waals surface area contributed by atoms with Gasteiger partial charge in [-0.05, 0) is 6.07 Å². The van der Waals surface area contributed by atoms with Gasteiger partial charge in [0, 0.05) is 6.20 Å². The van der Waals surface area contributed by atoms with E-state index in [0.29, 0.717) is 11.0 Å². The summed E-state index contributed by atoms with van der Waals surface area (Å²) in [6, 6.07) is 1.69. The van der Waals surface area contributed by atoms with Crippen LogP contribution in [0.4, 0.5) is 5.82 Å². The number of pyridine rings is 1. The molecule has 19 heavy (non-hydrogen) atoms. The second-order valence-electron chi connectivity index (χ2n) is 4.44. The minimum Gasteiger partial charge on any atom is -0.394 e. The van der Waals surface area contributed by atoms with Crippen LogP contribution in [0.1, 0.15) is 6.23 Å². The molecule has 1 saturated heterocycles. The molecule has 1 aliphatic rings. The molecule has 5 N–H and O–H groups in total. The van der Waals surface area contributed by atoms with Gasteiger partial charge in [0.15, 0.2) is 12.0 Å². The van der Waals surface area contributed by atoms with Gasteiger partial charge in [0.25, 0.3) is 0 Å². The molecule has 0 aliphatic carbocycles. The smallest absolute Gasteiger partial charge is 0.164 e. The maximum atomic E-state index is 9.98. The zero-order valence-corrected chi connectivity index (χ0v) is 9.92. The molecule has 3 heterocycles. The fraction of sp³-hybridized carbons (Fsp3) is 0.455. The molecule has 102 valence electrons. The number of aliphatic hydroxyl groups is 3. The maximum Gasteiger partial charge on any atom is 0.164 e.